The van der Waals surface area contributed by atoms with Crippen LogP contribution in [0, 0.1) is 11.8 Å². The summed E-state index contributed by atoms with van der Waals surface area (Å²) in [5.74, 6) is 5.59. The number of aromatic nitrogens is 1. The van der Waals surface area contributed by atoms with Gasteiger partial charge in [-0.05, 0) is 48.9 Å². The molecule has 0 aromatic carbocycles. The van der Waals surface area contributed by atoms with Crippen LogP contribution in [0.15, 0.2) is 24.3 Å². The molecule has 5 heteroatoms. The van der Waals surface area contributed by atoms with Gasteiger partial charge >= 0.3 is 0 Å². The van der Waals surface area contributed by atoms with E-state index in [1.54, 1.807) is 29.5 Å². The maximum atomic E-state index is 12.2. The second-order valence-corrected chi connectivity index (χ2v) is 5.87. The fourth-order valence-electron chi connectivity index (χ4n) is 2.32. The Morgan fingerprint density at radius 2 is 2.33 bits per heavy atom. The summed E-state index contributed by atoms with van der Waals surface area (Å²) in [6, 6.07) is 7.22. The number of fused-ring (bicyclic) bond motifs is 1. The number of amides is 1. The van der Waals surface area contributed by atoms with Gasteiger partial charge in [0, 0.05) is 4.88 Å². The molecule has 21 heavy (non-hydrogen) atoms. The maximum absolute atomic E-state index is 12.2. The fraction of sp³-hybridized carbons (Fsp3) is 0.250. The molecule has 0 bridgehead atoms. The average molecular weight is 298 g/mol. The summed E-state index contributed by atoms with van der Waals surface area (Å²) in [5, 5.41) is 11.5. The van der Waals surface area contributed by atoms with Gasteiger partial charge in [-0.1, -0.05) is 12.0 Å². The summed E-state index contributed by atoms with van der Waals surface area (Å²) in [5.41, 5.74) is 1.83. The van der Waals surface area contributed by atoms with Gasteiger partial charge in [-0.15, -0.1) is 11.3 Å². The van der Waals surface area contributed by atoms with Gasteiger partial charge in [0.1, 0.15) is 18.1 Å². The highest BCUT2D eigenvalue weighted by atomic mass is 32.1. The van der Waals surface area contributed by atoms with Crippen LogP contribution < -0.4 is 5.32 Å². The largest absolute Gasteiger partial charge is 0.384 e. The number of hydrogen-bond acceptors (Lipinski definition) is 4. The standard InChI is InChI=1S/C16H14N2O2S/c19-9-3-6-12-5-2-8-15(17-12)18-16(20)14-10-11-4-1-7-13(11)21-14/h2,5,8,10,19H,1,4,7,9H2,(H,17,18,20). The van der Waals surface area contributed by atoms with E-state index in [-0.39, 0.29) is 12.5 Å². The first-order chi connectivity index (χ1) is 10.3. The van der Waals surface area contributed by atoms with Crippen LogP contribution in [-0.4, -0.2) is 22.6 Å². The molecular weight excluding hydrogens is 284 g/mol. The minimum absolute atomic E-state index is 0.130. The normalized spacial score (nSPS) is 12.4. The van der Waals surface area contributed by atoms with E-state index >= 15 is 0 Å². The van der Waals surface area contributed by atoms with Gasteiger partial charge in [0.25, 0.3) is 5.91 Å². The van der Waals surface area contributed by atoms with Crippen molar-refractivity contribution in [2.75, 3.05) is 11.9 Å². The van der Waals surface area contributed by atoms with Gasteiger partial charge in [-0.2, -0.15) is 0 Å². The van der Waals surface area contributed by atoms with Gasteiger partial charge in [-0.25, -0.2) is 4.98 Å². The molecule has 2 aromatic rings. The maximum Gasteiger partial charge on any atom is 0.266 e. The quantitative estimate of drug-likeness (QED) is 0.836. The lowest BCUT2D eigenvalue weighted by atomic mass is 10.2. The molecule has 1 amide bonds. The predicted octanol–water partition coefficient (Wildman–Crippen LogP) is 2.23. The van der Waals surface area contributed by atoms with E-state index in [1.165, 1.54) is 16.9 Å². The molecule has 2 heterocycles. The van der Waals surface area contributed by atoms with Crippen LogP contribution in [0.1, 0.15) is 32.2 Å². The molecule has 2 aromatic heterocycles. The SMILES string of the molecule is O=C(Nc1cccc(C#CCO)n1)c1cc2c(s1)CCC2. The molecule has 4 nitrogen and oxygen atoms in total. The third kappa shape index (κ3) is 3.13. The monoisotopic (exact) mass is 298 g/mol. The molecule has 0 saturated carbocycles. The molecular formula is C16H14N2O2S. The summed E-state index contributed by atoms with van der Waals surface area (Å²) in [6.45, 7) is -0.209. The number of aryl methyl sites for hydroxylation is 2. The van der Waals surface area contributed by atoms with Crippen molar-refractivity contribution in [3.63, 3.8) is 0 Å². The summed E-state index contributed by atoms with van der Waals surface area (Å²) in [4.78, 5) is 18.5. The molecule has 0 spiro atoms. The van der Waals surface area contributed by atoms with E-state index in [0.717, 1.165) is 17.7 Å². The second-order valence-electron chi connectivity index (χ2n) is 4.73. The van der Waals surface area contributed by atoms with Crippen LogP contribution in [0.2, 0.25) is 0 Å². The number of hydrogen-bond donors (Lipinski definition) is 2. The Bertz CT molecular complexity index is 719. The zero-order valence-electron chi connectivity index (χ0n) is 11.3. The van der Waals surface area contributed by atoms with Gasteiger partial charge in [0.05, 0.1) is 4.88 Å². The van der Waals surface area contributed by atoms with E-state index in [1.807, 2.05) is 6.07 Å². The van der Waals surface area contributed by atoms with Gasteiger partial charge in [0.2, 0.25) is 0 Å². The molecule has 0 fully saturated rings. The minimum Gasteiger partial charge on any atom is -0.384 e. The van der Waals surface area contributed by atoms with Crippen LogP contribution >= 0.6 is 11.3 Å². The smallest absolute Gasteiger partial charge is 0.266 e. The molecule has 106 valence electrons. The number of aliphatic hydroxyl groups is 1. The summed E-state index contributed by atoms with van der Waals surface area (Å²) in [7, 11) is 0. The van der Waals surface area contributed by atoms with Crippen LogP contribution in [-0.2, 0) is 12.8 Å². The lowest BCUT2D eigenvalue weighted by molar-refractivity contribution is 0.103. The van der Waals surface area contributed by atoms with Crippen LogP contribution in [0.4, 0.5) is 5.82 Å². The Morgan fingerprint density at radius 3 is 3.14 bits per heavy atom. The van der Waals surface area contributed by atoms with Crippen LogP contribution in [0.5, 0.6) is 0 Å². The van der Waals surface area contributed by atoms with E-state index in [9.17, 15) is 4.79 Å². The van der Waals surface area contributed by atoms with Crippen molar-refractivity contribution < 1.29 is 9.90 Å². The molecule has 0 aliphatic heterocycles. The Morgan fingerprint density at radius 1 is 1.43 bits per heavy atom. The van der Waals surface area contributed by atoms with Gasteiger partial charge < -0.3 is 10.4 Å². The molecule has 2 N–H and O–H groups in total. The number of rotatable bonds is 2. The molecule has 0 atom stereocenters. The van der Waals surface area contributed by atoms with Crippen molar-refractivity contribution in [2.45, 2.75) is 19.3 Å². The summed E-state index contributed by atoms with van der Waals surface area (Å²) >= 11 is 1.57. The number of anilines is 1. The molecule has 1 aliphatic carbocycles. The first-order valence-corrected chi connectivity index (χ1v) is 7.57. The third-order valence-corrected chi connectivity index (χ3v) is 4.49. The number of aliphatic hydroxyl groups excluding tert-OH is 1. The first kappa shape index (κ1) is 13.8. The lowest BCUT2D eigenvalue weighted by Gasteiger charge is -2.03. The van der Waals surface area contributed by atoms with Crippen molar-refractivity contribution in [1.29, 1.82) is 0 Å². The van der Waals surface area contributed by atoms with E-state index < -0.39 is 0 Å². The zero-order chi connectivity index (χ0) is 14.7. The van der Waals surface area contributed by atoms with E-state index in [0.29, 0.717) is 11.5 Å². The molecule has 0 unspecified atom stereocenters. The Hall–Kier alpha value is -2.16. The highest BCUT2D eigenvalue weighted by Crippen LogP contribution is 2.30. The topological polar surface area (TPSA) is 62.2 Å². The molecule has 0 radical (unpaired) electrons. The molecule has 3 rings (SSSR count). The van der Waals surface area contributed by atoms with Crippen LogP contribution in [0.3, 0.4) is 0 Å². The van der Waals surface area contributed by atoms with Crippen LogP contribution in [0.25, 0.3) is 0 Å². The van der Waals surface area contributed by atoms with Gasteiger partial charge in [0.15, 0.2) is 0 Å². The van der Waals surface area contributed by atoms with Crippen molar-refractivity contribution in [2.24, 2.45) is 0 Å². The number of nitrogens with one attached hydrogen (secondary N) is 1. The highest BCUT2D eigenvalue weighted by Gasteiger charge is 2.18. The Kier molecular flexibility index (Phi) is 4.00. The predicted molar refractivity (Wildman–Crippen MR) is 82.5 cm³/mol. The fourth-order valence-corrected chi connectivity index (χ4v) is 3.47. The Balaban J connectivity index is 1.74. The zero-order valence-corrected chi connectivity index (χ0v) is 12.2. The highest BCUT2D eigenvalue weighted by molar-refractivity contribution is 7.14. The summed E-state index contributed by atoms with van der Waals surface area (Å²) in [6.07, 6.45) is 3.34. The summed E-state index contributed by atoms with van der Waals surface area (Å²) < 4.78 is 0. The van der Waals surface area contributed by atoms with Gasteiger partial charge in [-0.3, -0.25) is 4.79 Å². The second kappa shape index (κ2) is 6.08. The van der Waals surface area contributed by atoms with E-state index in [2.05, 4.69) is 22.1 Å². The first-order valence-electron chi connectivity index (χ1n) is 6.76. The average Bonchev–Trinajstić information content (AvgIpc) is 3.06. The lowest BCUT2D eigenvalue weighted by Crippen LogP contribution is -2.11. The molecule has 0 saturated heterocycles. The molecule has 1 aliphatic rings. The number of nitrogens with zero attached hydrogens (tertiary/aromatic N) is 1. The third-order valence-electron chi connectivity index (χ3n) is 3.26. The minimum atomic E-state index is -0.209. The number of carbonyl (C=O) groups is 1. The van der Waals surface area contributed by atoms with Crippen molar-refractivity contribution in [3.05, 3.63) is 45.3 Å². The van der Waals surface area contributed by atoms with Crippen molar-refractivity contribution >= 4 is 23.1 Å². The van der Waals surface area contributed by atoms with Crippen molar-refractivity contribution in [1.82, 2.24) is 4.98 Å². The Labute approximate surface area is 126 Å². The number of pyridine rings is 1. The van der Waals surface area contributed by atoms with E-state index in [4.69, 9.17) is 5.11 Å². The van der Waals surface area contributed by atoms with Crippen molar-refractivity contribution in [3.8, 4) is 11.8 Å². The number of thiophene rings is 1. The number of carbonyl (C=O) groups excluding carboxylic acids is 1.